The molecule has 6 heteroatoms. The summed E-state index contributed by atoms with van der Waals surface area (Å²) in [7, 11) is -3.38. The number of thiophene rings is 1. The van der Waals surface area contributed by atoms with Crippen molar-refractivity contribution >= 4 is 21.4 Å². The molecule has 0 fully saturated rings. The van der Waals surface area contributed by atoms with Crippen LogP contribution >= 0.6 is 11.3 Å². The van der Waals surface area contributed by atoms with Crippen LogP contribution in [0.2, 0.25) is 0 Å². The molecular formula is C8H13NO3S2. The molecule has 1 unspecified atom stereocenters. The van der Waals surface area contributed by atoms with Gasteiger partial charge in [-0.2, -0.15) is 0 Å². The van der Waals surface area contributed by atoms with E-state index in [2.05, 4.69) is 4.72 Å². The van der Waals surface area contributed by atoms with Gasteiger partial charge in [0, 0.05) is 11.4 Å². The molecule has 4 nitrogen and oxygen atoms in total. The Morgan fingerprint density at radius 2 is 2.36 bits per heavy atom. The van der Waals surface area contributed by atoms with Crippen molar-refractivity contribution in [3.8, 4) is 0 Å². The van der Waals surface area contributed by atoms with Gasteiger partial charge in [-0.15, -0.1) is 11.3 Å². The first-order chi connectivity index (χ1) is 6.56. The fraction of sp³-hybridized carbons (Fsp3) is 0.500. The van der Waals surface area contributed by atoms with Crippen molar-refractivity contribution in [2.45, 2.75) is 18.7 Å². The molecule has 0 aromatic carbocycles. The lowest BCUT2D eigenvalue weighted by Crippen LogP contribution is -2.34. The normalized spacial score (nSPS) is 14.1. The Morgan fingerprint density at radius 1 is 1.64 bits per heavy atom. The first-order valence-corrected chi connectivity index (χ1v) is 6.60. The van der Waals surface area contributed by atoms with E-state index in [0.29, 0.717) is 6.54 Å². The molecule has 0 aliphatic heterocycles. The van der Waals surface area contributed by atoms with E-state index >= 15 is 0 Å². The highest BCUT2D eigenvalue weighted by Gasteiger charge is 2.18. The van der Waals surface area contributed by atoms with E-state index in [-0.39, 0.29) is 6.61 Å². The minimum Gasteiger partial charge on any atom is -0.395 e. The first-order valence-electron chi connectivity index (χ1n) is 4.18. The molecule has 1 rings (SSSR count). The van der Waals surface area contributed by atoms with Gasteiger partial charge < -0.3 is 5.11 Å². The van der Waals surface area contributed by atoms with Crippen molar-refractivity contribution in [3.63, 3.8) is 0 Å². The number of hydrogen-bond acceptors (Lipinski definition) is 4. The Bertz CT molecular complexity index is 358. The summed E-state index contributed by atoms with van der Waals surface area (Å²) in [6, 6.07) is 3.72. The van der Waals surface area contributed by atoms with E-state index in [9.17, 15) is 8.42 Å². The van der Waals surface area contributed by atoms with Crippen molar-refractivity contribution in [3.05, 3.63) is 22.4 Å². The van der Waals surface area contributed by atoms with Crippen molar-refractivity contribution in [2.24, 2.45) is 0 Å². The molecule has 0 spiro atoms. The molecule has 1 atom stereocenters. The molecule has 0 amide bonds. The standard InChI is InChI=1S/C8H13NO3S2/c1-7(6-10)14(11,12)9-5-8-3-2-4-13-8/h2-4,7,9-10H,5-6H2,1H3. The molecule has 0 aliphatic carbocycles. The van der Waals surface area contributed by atoms with Gasteiger partial charge in [0.15, 0.2) is 0 Å². The molecule has 1 heterocycles. The number of rotatable bonds is 5. The first kappa shape index (κ1) is 11.6. The maximum absolute atomic E-state index is 11.4. The molecule has 0 aliphatic rings. The topological polar surface area (TPSA) is 66.4 Å². The molecule has 0 saturated heterocycles. The Labute approximate surface area is 87.6 Å². The third-order valence-electron chi connectivity index (χ3n) is 1.81. The van der Waals surface area contributed by atoms with Gasteiger partial charge in [0.05, 0.1) is 11.9 Å². The van der Waals surface area contributed by atoms with E-state index in [1.54, 1.807) is 0 Å². The van der Waals surface area contributed by atoms with Crippen LogP contribution in [0.25, 0.3) is 0 Å². The molecule has 1 aromatic rings. The van der Waals surface area contributed by atoms with E-state index in [1.165, 1.54) is 18.3 Å². The van der Waals surface area contributed by atoms with Gasteiger partial charge in [0.1, 0.15) is 0 Å². The van der Waals surface area contributed by atoms with E-state index < -0.39 is 15.3 Å². The molecule has 14 heavy (non-hydrogen) atoms. The highest BCUT2D eigenvalue weighted by Crippen LogP contribution is 2.08. The molecule has 1 aromatic heterocycles. The Kier molecular flexibility index (Phi) is 4.06. The van der Waals surface area contributed by atoms with E-state index in [1.807, 2.05) is 17.5 Å². The Hall–Kier alpha value is -0.430. The minimum absolute atomic E-state index is 0.296. The highest BCUT2D eigenvalue weighted by atomic mass is 32.2. The average molecular weight is 235 g/mol. The van der Waals surface area contributed by atoms with Crippen LogP contribution in [-0.4, -0.2) is 25.4 Å². The second kappa shape index (κ2) is 4.88. The monoisotopic (exact) mass is 235 g/mol. The summed E-state index contributed by atoms with van der Waals surface area (Å²) in [5.41, 5.74) is 0. The summed E-state index contributed by atoms with van der Waals surface area (Å²) in [6.07, 6.45) is 0. The van der Waals surface area contributed by atoms with Crippen LogP contribution in [0.4, 0.5) is 0 Å². The fourth-order valence-corrected chi connectivity index (χ4v) is 2.40. The predicted octanol–water partition coefficient (Wildman–Crippen LogP) is 0.548. The lowest BCUT2D eigenvalue weighted by molar-refractivity contribution is 0.295. The molecular weight excluding hydrogens is 222 g/mol. The van der Waals surface area contributed by atoms with Gasteiger partial charge in [-0.25, -0.2) is 13.1 Å². The molecule has 0 radical (unpaired) electrons. The van der Waals surface area contributed by atoms with Gasteiger partial charge in [0.25, 0.3) is 0 Å². The van der Waals surface area contributed by atoms with Crippen LogP contribution < -0.4 is 4.72 Å². The quantitative estimate of drug-likeness (QED) is 0.783. The van der Waals surface area contributed by atoms with Crippen LogP contribution in [0.5, 0.6) is 0 Å². The van der Waals surface area contributed by atoms with Gasteiger partial charge >= 0.3 is 0 Å². The summed E-state index contributed by atoms with van der Waals surface area (Å²) in [5.74, 6) is 0. The maximum Gasteiger partial charge on any atom is 0.216 e. The van der Waals surface area contributed by atoms with Gasteiger partial charge in [0.2, 0.25) is 10.0 Å². The Morgan fingerprint density at radius 3 is 2.86 bits per heavy atom. The largest absolute Gasteiger partial charge is 0.395 e. The third-order valence-corrected chi connectivity index (χ3v) is 4.45. The fourth-order valence-electron chi connectivity index (χ4n) is 0.825. The summed E-state index contributed by atoms with van der Waals surface area (Å²) in [4.78, 5) is 0.957. The van der Waals surface area contributed by atoms with Crippen molar-refractivity contribution in [1.29, 1.82) is 0 Å². The zero-order valence-corrected chi connectivity index (χ0v) is 9.44. The molecule has 2 N–H and O–H groups in total. The summed E-state index contributed by atoms with van der Waals surface area (Å²) in [6.45, 7) is 1.40. The number of aliphatic hydroxyl groups excluding tert-OH is 1. The van der Waals surface area contributed by atoms with Gasteiger partial charge in [-0.3, -0.25) is 0 Å². The SMILES string of the molecule is CC(CO)S(=O)(=O)NCc1cccs1. The number of hydrogen-bond donors (Lipinski definition) is 2. The maximum atomic E-state index is 11.4. The summed E-state index contributed by atoms with van der Waals surface area (Å²) < 4.78 is 25.2. The van der Waals surface area contributed by atoms with Crippen LogP contribution in [-0.2, 0) is 16.6 Å². The molecule has 0 bridgehead atoms. The molecule has 0 saturated carbocycles. The number of sulfonamides is 1. The van der Waals surface area contributed by atoms with E-state index in [4.69, 9.17) is 5.11 Å². The van der Waals surface area contributed by atoms with Crippen LogP contribution in [0.15, 0.2) is 17.5 Å². The smallest absolute Gasteiger partial charge is 0.216 e. The van der Waals surface area contributed by atoms with Crippen LogP contribution in [0.1, 0.15) is 11.8 Å². The van der Waals surface area contributed by atoms with Crippen LogP contribution in [0.3, 0.4) is 0 Å². The van der Waals surface area contributed by atoms with Crippen molar-refractivity contribution in [2.75, 3.05) is 6.61 Å². The van der Waals surface area contributed by atoms with Crippen LogP contribution in [0, 0.1) is 0 Å². The third kappa shape index (κ3) is 3.06. The van der Waals surface area contributed by atoms with Gasteiger partial charge in [-0.05, 0) is 18.4 Å². The minimum atomic E-state index is -3.38. The second-order valence-corrected chi connectivity index (χ2v) is 6.15. The van der Waals surface area contributed by atoms with E-state index in [0.717, 1.165) is 4.88 Å². The highest BCUT2D eigenvalue weighted by molar-refractivity contribution is 7.90. The summed E-state index contributed by atoms with van der Waals surface area (Å²) in [5, 5.41) is 9.84. The zero-order chi connectivity index (χ0) is 10.6. The number of nitrogens with one attached hydrogen (secondary N) is 1. The van der Waals surface area contributed by atoms with Gasteiger partial charge in [-0.1, -0.05) is 6.07 Å². The summed E-state index contributed by atoms with van der Waals surface area (Å²) >= 11 is 1.49. The average Bonchev–Trinajstić information content (AvgIpc) is 2.66. The zero-order valence-electron chi connectivity index (χ0n) is 7.80. The second-order valence-electron chi connectivity index (χ2n) is 2.94. The van der Waals surface area contributed by atoms with Crippen molar-refractivity contribution < 1.29 is 13.5 Å². The Balaban J connectivity index is 2.53. The predicted molar refractivity (Wildman–Crippen MR) is 56.6 cm³/mol. The van der Waals surface area contributed by atoms with Crippen molar-refractivity contribution in [1.82, 2.24) is 4.72 Å². The lowest BCUT2D eigenvalue weighted by Gasteiger charge is -2.10. The molecule has 80 valence electrons. The lowest BCUT2D eigenvalue weighted by atomic mass is 10.5. The number of aliphatic hydroxyl groups is 1.